The first-order chi connectivity index (χ1) is 9.89. The van der Waals surface area contributed by atoms with Gasteiger partial charge in [-0.1, -0.05) is 51.1 Å². The number of nitrogens with one attached hydrogen (secondary N) is 2. The summed E-state index contributed by atoms with van der Waals surface area (Å²) in [7, 11) is 0. The van der Waals surface area contributed by atoms with E-state index in [1.165, 1.54) is 6.20 Å². The Morgan fingerprint density at radius 3 is 2.62 bits per heavy atom. The highest BCUT2D eigenvalue weighted by molar-refractivity contribution is 5.99. The van der Waals surface area contributed by atoms with Gasteiger partial charge in [0.05, 0.1) is 23.6 Å². The molecule has 0 bridgehead atoms. The molecule has 1 unspecified atom stereocenters. The van der Waals surface area contributed by atoms with Crippen LogP contribution in [0.15, 0.2) is 36.5 Å². The van der Waals surface area contributed by atoms with Crippen molar-refractivity contribution in [3.63, 3.8) is 0 Å². The van der Waals surface area contributed by atoms with Crippen molar-refractivity contribution in [3.05, 3.63) is 42.1 Å². The fourth-order valence-corrected chi connectivity index (χ4v) is 1.87. The van der Waals surface area contributed by atoms with E-state index < -0.39 is 6.10 Å². The van der Waals surface area contributed by atoms with Crippen LogP contribution < -0.4 is 5.32 Å². The number of benzene rings is 1. The predicted molar refractivity (Wildman–Crippen MR) is 81.8 cm³/mol. The minimum atomic E-state index is -0.603. The van der Waals surface area contributed by atoms with Crippen molar-refractivity contribution in [3.8, 4) is 11.3 Å². The van der Waals surface area contributed by atoms with E-state index in [4.69, 9.17) is 0 Å². The molecule has 1 aromatic carbocycles. The second kappa shape index (κ2) is 6.10. The van der Waals surface area contributed by atoms with Gasteiger partial charge < -0.3 is 10.4 Å². The van der Waals surface area contributed by atoms with Crippen molar-refractivity contribution >= 4 is 5.91 Å². The molecule has 0 saturated carbocycles. The normalized spacial score (nSPS) is 13.0. The number of rotatable bonds is 4. The third kappa shape index (κ3) is 3.70. The molecule has 0 radical (unpaired) electrons. The lowest BCUT2D eigenvalue weighted by molar-refractivity contribution is 0.0587. The summed E-state index contributed by atoms with van der Waals surface area (Å²) in [6.45, 7) is 5.99. The molecule has 0 spiro atoms. The number of nitrogens with zero attached hydrogens (tertiary/aromatic N) is 1. The van der Waals surface area contributed by atoms with Gasteiger partial charge >= 0.3 is 0 Å². The maximum Gasteiger partial charge on any atom is 0.255 e. The van der Waals surface area contributed by atoms with E-state index in [-0.39, 0.29) is 17.9 Å². The number of carbonyl (C=O) groups excluding carboxylic acids is 1. The first kappa shape index (κ1) is 15.3. The van der Waals surface area contributed by atoms with Gasteiger partial charge in [-0.05, 0) is 5.41 Å². The summed E-state index contributed by atoms with van der Waals surface area (Å²) in [5.41, 5.74) is 1.78. The van der Waals surface area contributed by atoms with Crippen LogP contribution in [0.1, 0.15) is 31.1 Å². The molecule has 0 aliphatic heterocycles. The molecule has 5 nitrogen and oxygen atoms in total. The largest absolute Gasteiger partial charge is 0.391 e. The fraction of sp³-hybridized carbons (Fsp3) is 0.375. The van der Waals surface area contributed by atoms with Crippen LogP contribution in [-0.4, -0.2) is 33.9 Å². The van der Waals surface area contributed by atoms with Crippen LogP contribution in [0, 0.1) is 5.41 Å². The molecule has 1 heterocycles. The fourth-order valence-electron chi connectivity index (χ4n) is 1.87. The Morgan fingerprint density at radius 2 is 2.00 bits per heavy atom. The van der Waals surface area contributed by atoms with Gasteiger partial charge in [0.2, 0.25) is 0 Å². The minimum Gasteiger partial charge on any atom is -0.391 e. The molecular weight excluding hydrogens is 266 g/mol. The van der Waals surface area contributed by atoms with E-state index in [0.717, 1.165) is 5.56 Å². The Labute approximate surface area is 124 Å². The van der Waals surface area contributed by atoms with Crippen LogP contribution >= 0.6 is 0 Å². The number of aliphatic hydroxyl groups excluding tert-OH is 1. The van der Waals surface area contributed by atoms with E-state index in [1.807, 2.05) is 51.1 Å². The summed E-state index contributed by atoms with van der Waals surface area (Å²) in [4.78, 5) is 12.2. The lowest BCUT2D eigenvalue weighted by atomic mass is 9.89. The molecule has 0 fully saturated rings. The molecule has 0 aliphatic rings. The van der Waals surface area contributed by atoms with E-state index in [9.17, 15) is 9.90 Å². The molecule has 1 atom stereocenters. The molecule has 2 rings (SSSR count). The number of amides is 1. The van der Waals surface area contributed by atoms with Crippen LogP contribution in [0.5, 0.6) is 0 Å². The standard InChI is InChI=1S/C16H21N3O2/c1-16(2,3)13(20)10-17-15(21)12-9-18-19-14(12)11-7-5-4-6-8-11/h4-9,13,20H,10H2,1-3H3,(H,17,21)(H,18,19). The summed E-state index contributed by atoms with van der Waals surface area (Å²) < 4.78 is 0. The molecule has 0 aliphatic carbocycles. The summed E-state index contributed by atoms with van der Waals surface area (Å²) in [5.74, 6) is -0.245. The summed E-state index contributed by atoms with van der Waals surface area (Å²) in [5, 5.41) is 19.5. The second-order valence-corrected chi connectivity index (χ2v) is 6.12. The zero-order valence-corrected chi connectivity index (χ0v) is 12.6. The van der Waals surface area contributed by atoms with Gasteiger partial charge in [0.1, 0.15) is 0 Å². The number of aromatic nitrogens is 2. The average Bonchev–Trinajstić information content (AvgIpc) is 2.93. The second-order valence-electron chi connectivity index (χ2n) is 6.12. The first-order valence-electron chi connectivity index (χ1n) is 6.94. The topological polar surface area (TPSA) is 78.0 Å². The molecule has 2 aromatic rings. The quantitative estimate of drug-likeness (QED) is 0.806. The van der Waals surface area contributed by atoms with Crippen molar-refractivity contribution in [1.29, 1.82) is 0 Å². The zero-order chi connectivity index (χ0) is 15.5. The van der Waals surface area contributed by atoms with E-state index in [1.54, 1.807) is 0 Å². The minimum absolute atomic E-state index is 0.210. The molecule has 5 heteroatoms. The molecule has 0 saturated heterocycles. The van der Waals surface area contributed by atoms with E-state index >= 15 is 0 Å². The number of H-pyrrole nitrogens is 1. The van der Waals surface area contributed by atoms with Crippen LogP contribution in [0.3, 0.4) is 0 Å². The van der Waals surface area contributed by atoms with E-state index in [0.29, 0.717) is 11.3 Å². The van der Waals surface area contributed by atoms with Crippen molar-refractivity contribution in [2.45, 2.75) is 26.9 Å². The Bertz CT molecular complexity index is 599. The lowest BCUT2D eigenvalue weighted by Gasteiger charge is -2.25. The first-order valence-corrected chi connectivity index (χ1v) is 6.94. The summed E-state index contributed by atoms with van der Waals surface area (Å²) in [6.07, 6.45) is 0.898. The maximum atomic E-state index is 12.2. The van der Waals surface area contributed by atoms with Crippen molar-refractivity contribution in [2.24, 2.45) is 5.41 Å². The van der Waals surface area contributed by atoms with Gasteiger partial charge in [-0.3, -0.25) is 9.89 Å². The third-order valence-corrected chi connectivity index (χ3v) is 3.40. The Hall–Kier alpha value is -2.14. The summed E-state index contributed by atoms with van der Waals surface area (Å²) in [6, 6.07) is 9.55. The molecular formula is C16H21N3O2. The van der Waals surface area contributed by atoms with Crippen molar-refractivity contribution < 1.29 is 9.90 Å². The average molecular weight is 287 g/mol. The number of aliphatic hydroxyl groups is 1. The Morgan fingerprint density at radius 1 is 1.33 bits per heavy atom. The predicted octanol–water partition coefficient (Wildman–Crippen LogP) is 2.21. The molecule has 21 heavy (non-hydrogen) atoms. The highest BCUT2D eigenvalue weighted by Crippen LogP contribution is 2.21. The van der Waals surface area contributed by atoms with Gasteiger partial charge in [0, 0.05) is 12.1 Å². The molecule has 3 N–H and O–H groups in total. The van der Waals surface area contributed by atoms with Gasteiger partial charge in [-0.25, -0.2) is 0 Å². The number of hydrogen-bond donors (Lipinski definition) is 3. The van der Waals surface area contributed by atoms with Crippen LogP contribution in [-0.2, 0) is 0 Å². The van der Waals surface area contributed by atoms with Gasteiger partial charge in [-0.2, -0.15) is 5.10 Å². The maximum absolute atomic E-state index is 12.2. The van der Waals surface area contributed by atoms with Crippen molar-refractivity contribution in [1.82, 2.24) is 15.5 Å². The molecule has 112 valence electrons. The van der Waals surface area contributed by atoms with Gasteiger partial charge in [0.15, 0.2) is 0 Å². The van der Waals surface area contributed by atoms with Crippen molar-refractivity contribution in [2.75, 3.05) is 6.54 Å². The highest BCUT2D eigenvalue weighted by Gasteiger charge is 2.23. The SMILES string of the molecule is CC(C)(C)C(O)CNC(=O)c1cn[nH]c1-c1ccccc1. The summed E-state index contributed by atoms with van der Waals surface area (Å²) >= 11 is 0. The third-order valence-electron chi connectivity index (χ3n) is 3.40. The smallest absolute Gasteiger partial charge is 0.255 e. The number of aromatic amines is 1. The molecule has 1 aromatic heterocycles. The zero-order valence-electron chi connectivity index (χ0n) is 12.6. The highest BCUT2D eigenvalue weighted by atomic mass is 16.3. The number of carbonyl (C=O) groups is 1. The van der Waals surface area contributed by atoms with E-state index in [2.05, 4.69) is 15.5 Å². The van der Waals surface area contributed by atoms with Gasteiger partial charge in [-0.15, -0.1) is 0 Å². The van der Waals surface area contributed by atoms with Crippen LogP contribution in [0.2, 0.25) is 0 Å². The lowest BCUT2D eigenvalue weighted by Crippen LogP contribution is -2.39. The monoisotopic (exact) mass is 287 g/mol. The van der Waals surface area contributed by atoms with Crippen LogP contribution in [0.25, 0.3) is 11.3 Å². The molecule has 1 amide bonds. The Balaban J connectivity index is 2.10. The number of hydrogen-bond acceptors (Lipinski definition) is 3. The van der Waals surface area contributed by atoms with Crippen LogP contribution in [0.4, 0.5) is 0 Å². The van der Waals surface area contributed by atoms with Gasteiger partial charge in [0.25, 0.3) is 5.91 Å². The Kier molecular flexibility index (Phi) is 4.43.